The molecule has 5 unspecified atom stereocenters. The highest BCUT2D eigenvalue weighted by molar-refractivity contribution is 5.94. The van der Waals surface area contributed by atoms with Crippen molar-refractivity contribution in [3.8, 4) is 11.5 Å². The van der Waals surface area contributed by atoms with Gasteiger partial charge in [0.05, 0.1) is 6.04 Å². The van der Waals surface area contributed by atoms with E-state index >= 15 is 0 Å². The van der Waals surface area contributed by atoms with Crippen LogP contribution < -0.4 is 21.7 Å². The summed E-state index contributed by atoms with van der Waals surface area (Å²) in [5.74, 6) is -3.42. The molecule has 8 N–H and O–H groups in total. The number of hydrogen-bond donors (Lipinski definition) is 7. The highest BCUT2D eigenvalue weighted by atomic mass is 16.4. The van der Waals surface area contributed by atoms with Crippen LogP contribution >= 0.6 is 0 Å². The number of phenolic OH excluding ortho intramolecular Hbond substituents is 2. The quantitative estimate of drug-likeness (QED) is 0.199. The zero-order valence-electron chi connectivity index (χ0n) is 21.7. The number of nitrogens with two attached hydrogens (primary N) is 1. The second-order valence-electron chi connectivity index (χ2n) is 9.36. The molecule has 3 amide bonds. The average Bonchev–Trinajstić information content (AvgIpc) is 2.87. The molecular formula is C27H36N4O7. The molecule has 0 aliphatic carbocycles. The van der Waals surface area contributed by atoms with Crippen LogP contribution in [0.25, 0.3) is 0 Å². The van der Waals surface area contributed by atoms with Gasteiger partial charge in [0.15, 0.2) is 0 Å². The lowest BCUT2D eigenvalue weighted by Gasteiger charge is -2.28. The number of rotatable bonds is 13. The fraction of sp³-hybridized carbons (Fsp3) is 0.407. The number of hydrogen-bond acceptors (Lipinski definition) is 7. The third kappa shape index (κ3) is 9.07. The first-order valence-electron chi connectivity index (χ1n) is 12.4. The number of carbonyl (C=O) groups excluding carboxylic acids is 3. The Kier molecular flexibility index (Phi) is 11.1. The summed E-state index contributed by atoms with van der Waals surface area (Å²) >= 11 is 0. The van der Waals surface area contributed by atoms with E-state index in [0.717, 1.165) is 0 Å². The van der Waals surface area contributed by atoms with Gasteiger partial charge in [-0.3, -0.25) is 14.4 Å². The first-order chi connectivity index (χ1) is 17.9. The van der Waals surface area contributed by atoms with E-state index in [1.165, 1.54) is 31.2 Å². The summed E-state index contributed by atoms with van der Waals surface area (Å²) in [6.45, 7) is 5.05. The van der Waals surface area contributed by atoms with Gasteiger partial charge in [-0.15, -0.1) is 0 Å². The minimum atomic E-state index is -1.28. The molecule has 0 heterocycles. The largest absolute Gasteiger partial charge is 0.508 e. The molecule has 0 aliphatic heterocycles. The normalized spacial score (nSPS) is 14.8. The summed E-state index contributed by atoms with van der Waals surface area (Å²) in [5.41, 5.74) is 6.90. The molecule has 2 rings (SSSR count). The van der Waals surface area contributed by atoms with E-state index in [1.54, 1.807) is 31.2 Å². The predicted molar refractivity (Wildman–Crippen MR) is 140 cm³/mol. The number of amides is 3. The Labute approximate surface area is 221 Å². The Morgan fingerprint density at radius 1 is 0.737 bits per heavy atom. The highest BCUT2D eigenvalue weighted by Crippen LogP contribution is 2.15. The minimum Gasteiger partial charge on any atom is -0.508 e. The van der Waals surface area contributed by atoms with Crippen LogP contribution in [0.1, 0.15) is 38.3 Å². The molecule has 2 aromatic carbocycles. The zero-order chi connectivity index (χ0) is 28.4. The molecule has 5 atom stereocenters. The molecular weight excluding hydrogens is 492 g/mol. The summed E-state index contributed by atoms with van der Waals surface area (Å²) in [7, 11) is 0. The molecule has 0 saturated carbocycles. The van der Waals surface area contributed by atoms with Crippen molar-refractivity contribution in [2.24, 2.45) is 11.7 Å². The van der Waals surface area contributed by atoms with Crippen LogP contribution in [0.4, 0.5) is 0 Å². The van der Waals surface area contributed by atoms with Crippen LogP contribution in [0, 0.1) is 5.92 Å². The van der Waals surface area contributed by atoms with Crippen molar-refractivity contribution >= 4 is 23.7 Å². The van der Waals surface area contributed by atoms with E-state index < -0.39 is 47.9 Å². The summed E-state index contributed by atoms with van der Waals surface area (Å²) < 4.78 is 0. The third-order valence-corrected chi connectivity index (χ3v) is 6.21. The zero-order valence-corrected chi connectivity index (χ0v) is 21.7. The van der Waals surface area contributed by atoms with E-state index in [4.69, 9.17) is 5.73 Å². The van der Waals surface area contributed by atoms with Gasteiger partial charge in [0, 0.05) is 12.8 Å². The van der Waals surface area contributed by atoms with Gasteiger partial charge in [0.25, 0.3) is 0 Å². The van der Waals surface area contributed by atoms with Crippen LogP contribution in [0.2, 0.25) is 0 Å². The SMILES string of the molecule is CCC(C)C(NC(=O)C(Cc1ccc(O)cc1)NC(=O)C(C)N)C(=O)NC(Cc1ccc(O)cc1)C(=O)O. The number of benzene rings is 2. The highest BCUT2D eigenvalue weighted by Gasteiger charge is 2.32. The van der Waals surface area contributed by atoms with Crippen molar-refractivity contribution in [2.45, 2.75) is 64.2 Å². The molecule has 206 valence electrons. The van der Waals surface area contributed by atoms with Crippen molar-refractivity contribution < 1.29 is 34.5 Å². The number of aliphatic carboxylic acids is 1. The van der Waals surface area contributed by atoms with Gasteiger partial charge in [-0.05, 0) is 48.2 Å². The molecule has 2 aromatic rings. The van der Waals surface area contributed by atoms with Crippen LogP contribution in [0.15, 0.2) is 48.5 Å². The molecule has 0 fully saturated rings. The van der Waals surface area contributed by atoms with Crippen molar-refractivity contribution in [3.05, 3.63) is 59.7 Å². The summed E-state index contributed by atoms with van der Waals surface area (Å²) in [6.07, 6.45) is 0.539. The Hall–Kier alpha value is -4.12. The summed E-state index contributed by atoms with van der Waals surface area (Å²) in [6, 6.07) is 7.75. The number of carboxylic acid groups (broad SMARTS) is 1. The van der Waals surface area contributed by atoms with E-state index in [9.17, 15) is 34.5 Å². The van der Waals surface area contributed by atoms with Crippen LogP contribution in [-0.4, -0.2) is 63.2 Å². The van der Waals surface area contributed by atoms with E-state index in [2.05, 4.69) is 16.0 Å². The molecule has 0 spiro atoms. The summed E-state index contributed by atoms with van der Waals surface area (Å²) in [4.78, 5) is 50.7. The van der Waals surface area contributed by atoms with E-state index in [-0.39, 0.29) is 30.3 Å². The topological polar surface area (TPSA) is 191 Å². The van der Waals surface area contributed by atoms with Crippen molar-refractivity contribution in [2.75, 3.05) is 0 Å². The van der Waals surface area contributed by atoms with Crippen LogP contribution in [0.5, 0.6) is 11.5 Å². The molecule has 0 radical (unpaired) electrons. The van der Waals surface area contributed by atoms with Crippen LogP contribution in [-0.2, 0) is 32.0 Å². The Morgan fingerprint density at radius 3 is 1.61 bits per heavy atom. The van der Waals surface area contributed by atoms with Gasteiger partial charge in [-0.1, -0.05) is 44.5 Å². The second kappa shape index (κ2) is 14.0. The van der Waals surface area contributed by atoms with Gasteiger partial charge >= 0.3 is 5.97 Å². The van der Waals surface area contributed by atoms with Gasteiger partial charge in [0.1, 0.15) is 29.6 Å². The molecule has 11 heteroatoms. The Balaban J connectivity index is 2.22. The Morgan fingerprint density at radius 2 is 1.18 bits per heavy atom. The molecule has 11 nitrogen and oxygen atoms in total. The van der Waals surface area contributed by atoms with Gasteiger partial charge in [-0.2, -0.15) is 0 Å². The van der Waals surface area contributed by atoms with E-state index in [1.807, 2.05) is 6.92 Å². The van der Waals surface area contributed by atoms with Gasteiger partial charge in [0.2, 0.25) is 17.7 Å². The standard InChI is InChI=1S/C27H36N4O7/c1-4-15(2)23(26(36)30-22(27(37)38)14-18-7-11-20(33)12-8-18)31-25(35)21(29-24(34)16(3)28)13-17-5-9-19(32)10-6-17/h5-12,15-16,21-23,32-33H,4,13-14,28H2,1-3H3,(H,29,34)(H,30,36)(H,31,35)(H,37,38). The van der Waals surface area contributed by atoms with Crippen LogP contribution in [0.3, 0.4) is 0 Å². The number of phenols is 2. The third-order valence-electron chi connectivity index (χ3n) is 6.21. The van der Waals surface area contributed by atoms with Crippen molar-refractivity contribution in [3.63, 3.8) is 0 Å². The predicted octanol–water partition coefficient (Wildman–Crippen LogP) is 0.815. The minimum absolute atomic E-state index is 0.0298. The maximum atomic E-state index is 13.3. The molecule has 0 bridgehead atoms. The monoisotopic (exact) mass is 528 g/mol. The number of nitrogens with one attached hydrogen (secondary N) is 3. The summed E-state index contributed by atoms with van der Waals surface area (Å²) in [5, 5.41) is 36.5. The first-order valence-corrected chi connectivity index (χ1v) is 12.4. The average molecular weight is 529 g/mol. The maximum absolute atomic E-state index is 13.3. The maximum Gasteiger partial charge on any atom is 0.326 e. The van der Waals surface area contributed by atoms with E-state index in [0.29, 0.717) is 17.5 Å². The second-order valence-corrected chi connectivity index (χ2v) is 9.36. The number of aromatic hydroxyl groups is 2. The number of carboxylic acids is 1. The lowest BCUT2D eigenvalue weighted by atomic mass is 9.96. The van der Waals surface area contributed by atoms with Crippen molar-refractivity contribution in [1.82, 2.24) is 16.0 Å². The number of carbonyl (C=O) groups is 4. The van der Waals surface area contributed by atoms with Gasteiger partial charge in [-0.25, -0.2) is 4.79 Å². The first kappa shape index (κ1) is 30.1. The fourth-order valence-corrected chi connectivity index (χ4v) is 3.67. The molecule has 0 aliphatic rings. The molecule has 0 saturated heterocycles. The molecule has 0 aromatic heterocycles. The lowest BCUT2D eigenvalue weighted by Crippen LogP contribution is -2.59. The van der Waals surface area contributed by atoms with Gasteiger partial charge < -0.3 is 37.0 Å². The lowest BCUT2D eigenvalue weighted by molar-refractivity contribution is -0.142. The Bertz CT molecular complexity index is 1100. The van der Waals surface area contributed by atoms with Crippen molar-refractivity contribution in [1.29, 1.82) is 0 Å². The molecule has 38 heavy (non-hydrogen) atoms. The fourth-order valence-electron chi connectivity index (χ4n) is 3.67. The smallest absolute Gasteiger partial charge is 0.326 e.